The molecule has 2 heterocycles. The number of fused-ring (bicyclic) bond motifs is 1. The van der Waals surface area contributed by atoms with Gasteiger partial charge in [-0.15, -0.1) is 0 Å². The fourth-order valence-electron chi connectivity index (χ4n) is 3.94. The molecular weight excluding hydrogens is 392 g/mol. The van der Waals surface area contributed by atoms with Gasteiger partial charge in [-0.05, 0) is 49.6 Å². The maximum absolute atomic E-state index is 12.3. The van der Waals surface area contributed by atoms with Crippen LogP contribution in [-0.2, 0) is 4.74 Å². The van der Waals surface area contributed by atoms with E-state index in [1.54, 1.807) is 24.1 Å². The lowest BCUT2D eigenvalue weighted by atomic mass is 10.1. The summed E-state index contributed by atoms with van der Waals surface area (Å²) in [7, 11) is 1.79. The van der Waals surface area contributed by atoms with Crippen molar-refractivity contribution < 1.29 is 14.6 Å². The van der Waals surface area contributed by atoms with Gasteiger partial charge in [0.2, 0.25) is 0 Å². The molecule has 1 N–H and O–H groups in total. The lowest BCUT2D eigenvalue weighted by Gasteiger charge is -2.25. The van der Waals surface area contributed by atoms with Gasteiger partial charge in [0.15, 0.2) is 5.82 Å². The Bertz CT molecular complexity index is 1100. The number of carbonyl (C=O) groups is 1. The fraction of sp³-hybridized carbons (Fsp3) is 0.375. The molecule has 1 saturated heterocycles. The van der Waals surface area contributed by atoms with Crippen molar-refractivity contribution in [2.24, 2.45) is 0 Å². The summed E-state index contributed by atoms with van der Waals surface area (Å²) in [5.41, 5.74) is 2.55. The molecule has 7 heteroatoms. The number of hydrogen-bond donors (Lipinski definition) is 1. The van der Waals surface area contributed by atoms with Crippen LogP contribution in [0.15, 0.2) is 42.5 Å². The monoisotopic (exact) mass is 420 g/mol. The molecule has 1 aliphatic heterocycles. The summed E-state index contributed by atoms with van der Waals surface area (Å²) in [6.07, 6.45) is 1.35. The number of aromatic nitrogens is 2. The van der Waals surface area contributed by atoms with Gasteiger partial charge < -0.3 is 19.6 Å². The molecule has 2 aromatic carbocycles. The van der Waals surface area contributed by atoms with Gasteiger partial charge in [-0.25, -0.2) is 14.8 Å². The highest BCUT2D eigenvalue weighted by Gasteiger charge is 2.31. The summed E-state index contributed by atoms with van der Waals surface area (Å²) in [4.78, 5) is 25.8. The smallest absolute Gasteiger partial charge is 0.409 e. The Labute approximate surface area is 182 Å². The third kappa shape index (κ3) is 4.26. The number of carbonyl (C=O) groups excluding carboxylic acids is 1. The molecule has 31 heavy (non-hydrogen) atoms. The van der Waals surface area contributed by atoms with E-state index >= 15 is 0 Å². The van der Waals surface area contributed by atoms with Gasteiger partial charge in [-0.3, -0.25) is 0 Å². The number of phenols is 1. The molecule has 162 valence electrons. The number of nitrogens with zero attached hydrogens (tertiary/aromatic N) is 4. The Morgan fingerprint density at radius 1 is 1.26 bits per heavy atom. The number of aryl methyl sites for hydroxylation is 1. The van der Waals surface area contributed by atoms with Crippen LogP contribution in [0.5, 0.6) is 5.75 Å². The zero-order valence-corrected chi connectivity index (χ0v) is 18.2. The van der Waals surface area contributed by atoms with Crippen LogP contribution in [0.25, 0.3) is 22.3 Å². The van der Waals surface area contributed by atoms with Crippen molar-refractivity contribution in [1.82, 2.24) is 14.9 Å². The van der Waals surface area contributed by atoms with Gasteiger partial charge in [-0.1, -0.05) is 25.1 Å². The Balaban J connectivity index is 1.69. The van der Waals surface area contributed by atoms with E-state index in [4.69, 9.17) is 14.7 Å². The number of amides is 1. The van der Waals surface area contributed by atoms with Gasteiger partial charge in [0.05, 0.1) is 23.7 Å². The van der Waals surface area contributed by atoms with Crippen molar-refractivity contribution in [2.45, 2.75) is 32.7 Å². The van der Waals surface area contributed by atoms with Gasteiger partial charge in [0, 0.05) is 25.5 Å². The van der Waals surface area contributed by atoms with E-state index in [1.165, 1.54) is 0 Å². The van der Waals surface area contributed by atoms with E-state index in [-0.39, 0.29) is 17.9 Å². The van der Waals surface area contributed by atoms with E-state index in [1.807, 2.05) is 38.1 Å². The van der Waals surface area contributed by atoms with Gasteiger partial charge in [-0.2, -0.15) is 0 Å². The fourth-order valence-corrected chi connectivity index (χ4v) is 3.94. The number of para-hydroxylation sites is 1. The molecular formula is C24H28N4O3. The minimum Gasteiger partial charge on any atom is -0.507 e. The number of hydrogen-bond acceptors (Lipinski definition) is 6. The number of aromatic hydroxyl groups is 1. The average molecular weight is 421 g/mol. The van der Waals surface area contributed by atoms with Crippen molar-refractivity contribution in [2.75, 3.05) is 31.6 Å². The highest BCUT2D eigenvalue weighted by atomic mass is 16.6. The third-order valence-corrected chi connectivity index (χ3v) is 5.71. The van der Waals surface area contributed by atoms with Crippen LogP contribution < -0.4 is 4.90 Å². The second kappa shape index (κ2) is 8.79. The molecule has 0 radical (unpaired) electrons. The first kappa shape index (κ1) is 20.9. The largest absolute Gasteiger partial charge is 0.507 e. The Hall–Kier alpha value is -3.35. The standard InChI is InChI=1S/C24H28N4O3/c1-4-13-31-24(30)27(3)17-11-12-28(15-17)23-18-10-9-16(2)14-20(18)25-22(26-23)19-7-5-6-8-21(19)29/h5-10,14,17,29H,4,11-13,15H2,1-3H3/t17-/m0/s1. The van der Waals surface area contributed by atoms with E-state index in [0.29, 0.717) is 24.5 Å². The number of likely N-dealkylation sites (N-methyl/N-ethyl adjacent to an activating group) is 1. The van der Waals surface area contributed by atoms with E-state index in [2.05, 4.69) is 11.0 Å². The molecule has 1 amide bonds. The van der Waals surface area contributed by atoms with Crippen molar-refractivity contribution in [3.8, 4) is 17.1 Å². The first-order valence-corrected chi connectivity index (χ1v) is 10.7. The van der Waals surface area contributed by atoms with Crippen LogP contribution in [-0.4, -0.2) is 58.9 Å². The van der Waals surface area contributed by atoms with Crippen molar-refractivity contribution in [1.29, 1.82) is 0 Å². The lowest BCUT2D eigenvalue weighted by Crippen LogP contribution is -2.39. The van der Waals surface area contributed by atoms with Crippen LogP contribution in [0, 0.1) is 6.92 Å². The van der Waals surface area contributed by atoms with Crippen molar-refractivity contribution >= 4 is 22.8 Å². The predicted octanol–water partition coefficient (Wildman–Crippen LogP) is 4.37. The van der Waals surface area contributed by atoms with Gasteiger partial charge >= 0.3 is 6.09 Å². The maximum Gasteiger partial charge on any atom is 0.409 e. The Morgan fingerprint density at radius 3 is 2.84 bits per heavy atom. The molecule has 1 aromatic heterocycles. The number of phenolic OH excluding ortho intramolecular Hbond substituents is 1. The third-order valence-electron chi connectivity index (χ3n) is 5.71. The summed E-state index contributed by atoms with van der Waals surface area (Å²) in [5.74, 6) is 1.46. The molecule has 3 aromatic rings. The molecule has 1 aliphatic rings. The van der Waals surface area contributed by atoms with E-state index in [0.717, 1.165) is 41.7 Å². The molecule has 4 rings (SSSR count). The second-order valence-electron chi connectivity index (χ2n) is 8.02. The number of benzene rings is 2. The Kier molecular flexibility index (Phi) is 5.93. The van der Waals surface area contributed by atoms with Gasteiger partial charge in [0.25, 0.3) is 0 Å². The zero-order valence-electron chi connectivity index (χ0n) is 18.2. The highest BCUT2D eigenvalue weighted by Crippen LogP contribution is 2.33. The topological polar surface area (TPSA) is 78.8 Å². The number of ether oxygens (including phenoxy) is 1. The number of rotatable bonds is 5. The molecule has 0 spiro atoms. The first-order chi connectivity index (χ1) is 15.0. The minimum absolute atomic E-state index is 0.0494. The normalized spacial score (nSPS) is 16.0. The van der Waals surface area contributed by atoms with Crippen LogP contribution in [0.2, 0.25) is 0 Å². The lowest BCUT2D eigenvalue weighted by molar-refractivity contribution is 0.0999. The molecule has 0 bridgehead atoms. The summed E-state index contributed by atoms with van der Waals surface area (Å²) in [5, 5.41) is 11.3. The summed E-state index contributed by atoms with van der Waals surface area (Å²) in [6.45, 7) is 5.88. The van der Waals surface area contributed by atoms with Crippen LogP contribution in [0.4, 0.5) is 10.6 Å². The van der Waals surface area contributed by atoms with Crippen molar-refractivity contribution in [3.05, 3.63) is 48.0 Å². The summed E-state index contributed by atoms with van der Waals surface area (Å²) >= 11 is 0. The predicted molar refractivity (Wildman–Crippen MR) is 121 cm³/mol. The zero-order chi connectivity index (χ0) is 22.0. The quantitative estimate of drug-likeness (QED) is 0.660. The van der Waals surface area contributed by atoms with E-state index in [9.17, 15) is 9.90 Å². The average Bonchev–Trinajstić information content (AvgIpc) is 3.26. The molecule has 0 unspecified atom stereocenters. The van der Waals surface area contributed by atoms with Crippen molar-refractivity contribution in [3.63, 3.8) is 0 Å². The Morgan fingerprint density at radius 2 is 2.06 bits per heavy atom. The first-order valence-electron chi connectivity index (χ1n) is 10.7. The molecule has 1 atom stereocenters. The van der Waals surface area contributed by atoms with Gasteiger partial charge in [0.1, 0.15) is 11.6 Å². The summed E-state index contributed by atoms with van der Waals surface area (Å²) < 4.78 is 5.29. The number of anilines is 1. The molecule has 7 nitrogen and oxygen atoms in total. The molecule has 1 fully saturated rings. The van der Waals surface area contributed by atoms with Crippen LogP contribution in [0.1, 0.15) is 25.3 Å². The maximum atomic E-state index is 12.3. The minimum atomic E-state index is -0.285. The van der Waals surface area contributed by atoms with E-state index < -0.39 is 0 Å². The second-order valence-corrected chi connectivity index (χ2v) is 8.02. The SMILES string of the molecule is CCCOC(=O)N(C)[C@H]1CCN(c2nc(-c3ccccc3O)nc3cc(C)ccc23)C1. The molecule has 0 aliphatic carbocycles. The highest BCUT2D eigenvalue weighted by molar-refractivity contribution is 5.92. The van der Waals surface area contributed by atoms with Crippen LogP contribution in [0.3, 0.4) is 0 Å². The summed E-state index contributed by atoms with van der Waals surface area (Å²) in [6, 6.07) is 13.3. The van der Waals surface area contributed by atoms with Crippen LogP contribution >= 0.6 is 0 Å². The molecule has 0 saturated carbocycles.